The van der Waals surface area contributed by atoms with Crippen molar-refractivity contribution in [3.05, 3.63) is 40.3 Å². The highest BCUT2D eigenvalue weighted by Crippen LogP contribution is 2.38. The number of carbonyl (C=O) groups is 1. The number of nitrogens with one attached hydrogen (secondary N) is 2. The topological polar surface area (TPSA) is 59.6 Å². The fourth-order valence-electron chi connectivity index (χ4n) is 3.08. The lowest BCUT2D eigenvalue weighted by molar-refractivity contribution is 0.0526. The van der Waals surface area contributed by atoms with Gasteiger partial charge in [-0.25, -0.2) is 4.79 Å². The van der Waals surface area contributed by atoms with Crippen LogP contribution in [0.1, 0.15) is 40.6 Å². The summed E-state index contributed by atoms with van der Waals surface area (Å²) in [6, 6.07) is 7.55. The van der Waals surface area contributed by atoms with E-state index in [0.29, 0.717) is 23.0 Å². The Bertz CT molecular complexity index is 817. The lowest BCUT2D eigenvalue weighted by atomic mass is 9.95. The highest BCUT2D eigenvalue weighted by Gasteiger charge is 2.26. The van der Waals surface area contributed by atoms with E-state index in [-0.39, 0.29) is 5.97 Å². The Kier molecular flexibility index (Phi) is 6.11. The van der Waals surface area contributed by atoms with Gasteiger partial charge in [0.1, 0.15) is 10.8 Å². The van der Waals surface area contributed by atoms with Crippen LogP contribution in [0.2, 0.25) is 0 Å². The molecule has 0 fully saturated rings. The fraction of sp³-hybridized carbons (Fsp3) is 0.368. The molecule has 1 aliphatic rings. The number of carbonyl (C=O) groups excluding carboxylic acids is 1. The van der Waals surface area contributed by atoms with Crippen molar-refractivity contribution in [1.82, 2.24) is 0 Å². The van der Waals surface area contributed by atoms with E-state index < -0.39 is 0 Å². The quantitative estimate of drug-likeness (QED) is 0.574. The first-order chi connectivity index (χ1) is 12.6. The molecule has 2 aromatic rings. The zero-order valence-electron chi connectivity index (χ0n) is 14.9. The van der Waals surface area contributed by atoms with Crippen LogP contribution in [-0.4, -0.2) is 24.8 Å². The maximum atomic E-state index is 12.5. The van der Waals surface area contributed by atoms with Crippen molar-refractivity contribution >= 4 is 45.3 Å². The molecule has 0 radical (unpaired) electrons. The van der Waals surface area contributed by atoms with Crippen LogP contribution in [0.4, 0.5) is 10.7 Å². The number of anilines is 2. The maximum absolute atomic E-state index is 12.5. The van der Waals surface area contributed by atoms with Crippen molar-refractivity contribution < 1.29 is 14.3 Å². The molecule has 0 spiro atoms. The number of aryl methyl sites for hydroxylation is 1. The van der Waals surface area contributed by atoms with Gasteiger partial charge >= 0.3 is 5.97 Å². The number of hydrogen-bond donors (Lipinski definition) is 2. The smallest absolute Gasteiger partial charge is 0.341 e. The summed E-state index contributed by atoms with van der Waals surface area (Å²) in [7, 11) is 1.61. The van der Waals surface area contributed by atoms with E-state index in [9.17, 15) is 4.79 Å². The standard InChI is InChI=1S/C19H22N2O3S2/c1-3-24-18(22)16-12-8-4-7-11-15(12)26-17(16)21-19(25)20-13-9-5-6-10-14(13)23-2/h5-6,9-10H,3-4,7-8,11H2,1-2H3,(H2,20,21,25). The first-order valence-electron chi connectivity index (χ1n) is 8.66. The minimum Gasteiger partial charge on any atom is -0.495 e. The molecule has 7 heteroatoms. The Morgan fingerprint density at radius 2 is 2.00 bits per heavy atom. The number of thiocarbonyl (C=S) groups is 1. The zero-order valence-corrected chi connectivity index (χ0v) is 16.5. The summed E-state index contributed by atoms with van der Waals surface area (Å²) in [5, 5.41) is 7.50. The highest BCUT2D eigenvalue weighted by atomic mass is 32.1. The van der Waals surface area contributed by atoms with E-state index in [1.54, 1.807) is 18.4 Å². The van der Waals surface area contributed by atoms with Crippen molar-refractivity contribution in [2.24, 2.45) is 0 Å². The number of ether oxygens (including phenoxy) is 2. The van der Waals surface area contributed by atoms with E-state index in [1.165, 1.54) is 4.88 Å². The Hall–Kier alpha value is -2.12. The SMILES string of the molecule is CCOC(=O)c1c(NC(=S)Nc2ccccc2OC)sc2c1CCCC2. The second-order valence-corrected chi connectivity index (χ2v) is 7.43. The molecule has 0 atom stereocenters. The van der Waals surface area contributed by atoms with E-state index in [1.807, 2.05) is 31.2 Å². The number of rotatable bonds is 5. The van der Waals surface area contributed by atoms with Crippen LogP contribution in [0.5, 0.6) is 5.75 Å². The third-order valence-electron chi connectivity index (χ3n) is 4.23. The second kappa shape index (κ2) is 8.51. The minimum atomic E-state index is -0.283. The van der Waals surface area contributed by atoms with Crippen LogP contribution in [0.3, 0.4) is 0 Å². The van der Waals surface area contributed by atoms with Crippen LogP contribution in [0.15, 0.2) is 24.3 Å². The van der Waals surface area contributed by atoms with Gasteiger partial charge in [0.2, 0.25) is 0 Å². The molecular formula is C19H22N2O3S2. The highest BCUT2D eigenvalue weighted by molar-refractivity contribution is 7.80. The van der Waals surface area contributed by atoms with Crippen molar-refractivity contribution in [2.75, 3.05) is 24.4 Å². The fourth-order valence-corrected chi connectivity index (χ4v) is 4.64. The van der Waals surface area contributed by atoms with Crippen LogP contribution in [-0.2, 0) is 17.6 Å². The number of methoxy groups -OCH3 is 1. The molecule has 3 rings (SSSR count). The lowest BCUT2D eigenvalue weighted by Crippen LogP contribution is -2.21. The summed E-state index contributed by atoms with van der Waals surface area (Å²) in [4.78, 5) is 13.8. The molecule has 0 saturated heterocycles. The number of para-hydroxylation sites is 2. The van der Waals surface area contributed by atoms with Crippen molar-refractivity contribution in [2.45, 2.75) is 32.6 Å². The van der Waals surface area contributed by atoms with Gasteiger partial charge in [-0.2, -0.15) is 0 Å². The Morgan fingerprint density at radius 1 is 1.23 bits per heavy atom. The van der Waals surface area contributed by atoms with Gasteiger partial charge in [0.15, 0.2) is 5.11 Å². The van der Waals surface area contributed by atoms with Crippen molar-refractivity contribution in [1.29, 1.82) is 0 Å². The third-order valence-corrected chi connectivity index (χ3v) is 5.64. The van der Waals surface area contributed by atoms with Crippen molar-refractivity contribution in [3.8, 4) is 5.75 Å². The molecule has 0 unspecified atom stereocenters. The van der Waals surface area contributed by atoms with Gasteiger partial charge in [-0.3, -0.25) is 0 Å². The lowest BCUT2D eigenvalue weighted by Gasteiger charge is -2.14. The molecule has 5 nitrogen and oxygen atoms in total. The average Bonchev–Trinajstić information content (AvgIpc) is 3.00. The Balaban J connectivity index is 1.83. The largest absolute Gasteiger partial charge is 0.495 e. The van der Waals surface area contributed by atoms with Gasteiger partial charge in [-0.15, -0.1) is 11.3 Å². The number of thiophene rings is 1. The molecule has 138 valence electrons. The average molecular weight is 391 g/mol. The minimum absolute atomic E-state index is 0.283. The first kappa shape index (κ1) is 18.7. The van der Waals surface area contributed by atoms with Crippen LogP contribution in [0.25, 0.3) is 0 Å². The normalized spacial score (nSPS) is 12.8. The monoisotopic (exact) mass is 390 g/mol. The van der Waals surface area contributed by atoms with E-state index in [0.717, 1.165) is 41.9 Å². The van der Waals surface area contributed by atoms with Gasteiger partial charge in [-0.05, 0) is 62.5 Å². The van der Waals surface area contributed by atoms with E-state index in [4.69, 9.17) is 21.7 Å². The maximum Gasteiger partial charge on any atom is 0.341 e. The van der Waals surface area contributed by atoms with Crippen LogP contribution >= 0.6 is 23.6 Å². The second-order valence-electron chi connectivity index (χ2n) is 5.91. The molecular weight excluding hydrogens is 368 g/mol. The molecule has 26 heavy (non-hydrogen) atoms. The van der Waals surface area contributed by atoms with Gasteiger partial charge in [0.05, 0.1) is 25.0 Å². The van der Waals surface area contributed by atoms with Crippen molar-refractivity contribution in [3.63, 3.8) is 0 Å². The molecule has 1 aromatic heterocycles. The number of fused-ring (bicyclic) bond motifs is 1. The molecule has 1 aliphatic carbocycles. The van der Waals surface area contributed by atoms with Crippen LogP contribution < -0.4 is 15.4 Å². The van der Waals surface area contributed by atoms with Gasteiger partial charge in [-0.1, -0.05) is 12.1 Å². The molecule has 0 aliphatic heterocycles. The molecule has 0 bridgehead atoms. The number of esters is 1. The summed E-state index contributed by atoms with van der Waals surface area (Å²) in [6.45, 7) is 2.17. The summed E-state index contributed by atoms with van der Waals surface area (Å²) >= 11 is 7.05. The summed E-state index contributed by atoms with van der Waals surface area (Å²) in [6.07, 6.45) is 4.16. The number of benzene rings is 1. The predicted octanol–water partition coefficient (Wildman–Crippen LogP) is 4.62. The molecule has 0 saturated carbocycles. The molecule has 1 aromatic carbocycles. The summed E-state index contributed by atoms with van der Waals surface area (Å²) in [5.74, 6) is 0.419. The van der Waals surface area contributed by atoms with Gasteiger partial charge in [0, 0.05) is 4.88 Å². The van der Waals surface area contributed by atoms with Gasteiger partial charge in [0.25, 0.3) is 0 Å². The summed E-state index contributed by atoms with van der Waals surface area (Å²) in [5.41, 5.74) is 2.52. The van der Waals surface area contributed by atoms with E-state index >= 15 is 0 Å². The number of hydrogen-bond acceptors (Lipinski definition) is 5. The summed E-state index contributed by atoms with van der Waals surface area (Å²) < 4.78 is 10.6. The third kappa shape index (κ3) is 3.99. The molecule has 1 heterocycles. The first-order valence-corrected chi connectivity index (χ1v) is 9.89. The molecule has 2 N–H and O–H groups in total. The van der Waals surface area contributed by atoms with E-state index in [2.05, 4.69) is 10.6 Å². The van der Waals surface area contributed by atoms with Crippen LogP contribution in [0, 0.1) is 0 Å². The Labute approximate surface area is 162 Å². The zero-order chi connectivity index (χ0) is 18.5. The Morgan fingerprint density at radius 3 is 2.77 bits per heavy atom. The van der Waals surface area contributed by atoms with Gasteiger partial charge < -0.3 is 20.1 Å². The molecule has 0 amide bonds. The predicted molar refractivity (Wildman–Crippen MR) is 110 cm³/mol.